The minimum Gasteiger partial charge on any atom is -0.324 e. The molecule has 0 aliphatic carbocycles. The van der Waals surface area contributed by atoms with Crippen LogP contribution in [-0.4, -0.2) is 0 Å². The van der Waals surface area contributed by atoms with Crippen LogP contribution in [0.3, 0.4) is 0 Å². The van der Waals surface area contributed by atoms with Gasteiger partial charge in [-0.05, 0) is 28.8 Å². The molecule has 3 heteroatoms. The monoisotopic (exact) mass is 255 g/mol. The number of rotatable bonds is 4. The van der Waals surface area contributed by atoms with E-state index in [1.165, 1.54) is 28.5 Å². The first-order chi connectivity index (χ1) is 7.33. The van der Waals surface area contributed by atoms with Crippen LogP contribution in [0.5, 0.6) is 0 Å². The van der Waals surface area contributed by atoms with E-state index >= 15 is 0 Å². The van der Waals surface area contributed by atoms with Crippen LogP contribution in [0.4, 0.5) is 0 Å². The second-order valence-corrected chi connectivity index (χ2v) is 4.85. The zero-order chi connectivity index (χ0) is 10.7. The summed E-state index contributed by atoms with van der Waals surface area (Å²) in [6.07, 6.45) is 3.53. The molecule has 1 atom stereocenters. The van der Waals surface area contributed by atoms with Gasteiger partial charge in [0, 0.05) is 10.7 Å². The Kier molecular flexibility index (Phi) is 5.26. The molecular weight excluding hydrogens is 238 g/mol. The van der Waals surface area contributed by atoms with Gasteiger partial charge in [0.2, 0.25) is 0 Å². The summed E-state index contributed by atoms with van der Waals surface area (Å²) in [7, 11) is 0. The number of benzene rings is 1. The van der Waals surface area contributed by atoms with Gasteiger partial charge in [0.15, 0.2) is 0 Å². The zero-order valence-corrected chi connectivity index (χ0v) is 11.1. The summed E-state index contributed by atoms with van der Waals surface area (Å²) in [4.78, 5) is 0. The Hall–Kier alpha value is -0.570. The largest absolute Gasteiger partial charge is 0.324 e. The quantitative estimate of drug-likeness (QED) is 0.855. The number of thiophene rings is 1. The molecule has 0 spiro atoms. The summed E-state index contributed by atoms with van der Waals surface area (Å²) in [6.45, 7) is 2.21. The molecule has 1 heterocycles. The van der Waals surface area contributed by atoms with Crippen molar-refractivity contribution in [1.82, 2.24) is 0 Å². The van der Waals surface area contributed by atoms with Crippen LogP contribution in [0.2, 0.25) is 0 Å². The lowest BCUT2D eigenvalue weighted by atomic mass is 10.0. The molecule has 1 aromatic heterocycles. The van der Waals surface area contributed by atoms with Crippen molar-refractivity contribution >= 4 is 33.8 Å². The molecule has 1 nitrogen and oxygen atoms in total. The molecule has 0 saturated carbocycles. The Labute approximate surface area is 107 Å². The molecule has 0 radical (unpaired) electrons. The summed E-state index contributed by atoms with van der Waals surface area (Å²) in [5.41, 5.74) is 7.52. The molecule has 0 bridgehead atoms. The number of fused-ring (bicyclic) bond motifs is 1. The van der Waals surface area contributed by atoms with Crippen LogP contribution in [0, 0.1) is 0 Å². The van der Waals surface area contributed by atoms with Gasteiger partial charge in [0.1, 0.15) is 0 Å². The lowest BCUT2D eigenvalue weighted by molar-refractivity contribution is 0.608. The average Bonchev–Trinajstić information content (AvgIpc) is 2.69. The van der Waals surface area contributed by atoms with Gasteiger partial charge >= 0.3 is 0 Å². The predicted molar refractivity (Wildman–Crippen MR) is 75.5 cm³/mol. The molecule has 0 unspecified atom stereocenters. The number of hydrogen-bond acceptors (Lipinski definition) is 2. The van der Waals surface area contributed by atoms with E-state index in [1.54, 1.807) is 11.3 Å². The second kappa shape index (κ2) is 6.24. The summed E-state index contributed by atoms with van der Waals surface area (Å²) in [5.74, 6) is 0. The van der Waals surface area contributed by atoms with Crippen LogP contribution >= 0.6 is 23.7 Å². The van der Waals surface area contributed by atoms with Gasteiger partial charge in [-0.2, -0.15) is 0 Å². The fraction of sp³-hybridized carbons (Fsp3) is 0.385. The minimum absolute atomic E-state index is 0. The Morgan fingerprint density at radius 3 is 2.81 bits per heavy atom. The lowest BCUT2D eigenvalue weighted by Crippen LogP contribution is -2.09. The summed E-state index contributed by atoms with van der Waals surface area (Å²) in [5, 5.41) is 3.55. The molecule has 0 aliphatic rings. The number of halogens is 1. The molecule has 1 aromatic carbocycles. The second-order valence-electron chi connectivity index (χ2n) is 3.94. The molecular formula is C13H18ClNS. The molecule has 0 amide bonds. The SMILES string of the molecule is CCCC[C@H](N)c1csc2ccccc12.Cl. The van der Waals surface area contributed by atoms with Crippen molar-refractivity contribution in [2.45, 2.75) is 32.2 Å². The van der Waals surface area contributed by atoms with Gasteiger partial charge in [-0.1, -0.05) is 38.0 Å². The lowest BCUT2D eigenvalue weighted by Gasteiger charge is -2.09. The van der Waals surface area contributed by atoms with Crippen molar-refractivity contribution in [2.75, 3.05) is 0 Å². The van der Waals surface area contributed by atoms with Crippen molar-refractivity contribution in [3.63, 3.8) is 0 Å². The standard InChI is InChI=1S/C13H17NS.ClH/c1-2-3-7-12(14)11-9-15-13-8-5-4-6-10(11)13;/h4-6,8-9,12H,2-3,7,14H2,1H3;1H/t12-;/m0./s1. The van der Waals surface area contributed by atoms with E-state index in [2.05, 4.69) is 36.6 Å². The maximum Gasteiger partial charge on any atom is 0.0346 e. The average molecular weight is 256 g/mol. The minimum atomic E-state index is 0. The van der Waals surface area contributed by atoms with Gasteiger partial charge < -0.3 is 5.73 Å². The molecule has 16 heavy (non-hydrogen) atoms. The van der Waals surface area contributed by atoms with Gasteiger partial charge in [0.05, 0.1) is 0 Å². The van der Waals surface area contributed by atoms with Crippen LogP contribution in [0.15, 0.2) is 29.6 Å². The van der Waals surface area contributed by atoms with Crippen molar-refractivity contribution in [3.05, 3.63) is 35.2 Å². The van der Waals surface area contributed by atoms with Crippen molar-refractivity contribution in [3.8, 4) is 0 Å². The molecule has 2 rings (SSSR count). The summed E-state index contributed by atoms with van der Waals surface area (Å²) in [6, 6.07) is 8.72. The van der Waals surface area contributed by atoms with Crippen molar-refractivity contribution in [1.29, 1.82) is 0 Å². The Morgan fingerprint density at radius 2 is 2.06 bits per heavy atom. The Morgan fingerprint density at radius 1 is 1.31 bits per heavy atom. The third-order valence-electron chi connectivity index (χ3n) is 2.78. The van der Waals surface area contributed by atoms with E-state index in [0.29, 0.717) is 0 Å². The summed E-state index contributed by atoms with van der Waals surface area (Å²) < 4.78 is 1.35. The van der Waals surface area contributed by atoms with Crippen molar-refractivity contribution < 1.29 is 0 Å². The molecule has 88 valence electrons. The highest BCUT2D eigenvalue weighted by Gasteiger charge is 2.10. The molecule has 0 saturated heterocycles. The molecule has 0 aliphatic heterocycles. The third-order valence-corrected chi connectivity index (χ3v) is 3.76. The van der Waals surface area contributed by atoms with Crippen molar-refractivity contribution in [2.24, 2.45) is 5.73 Å². The first-order valence-corrected chi connectivity index (χ1v) is 6.42. The first-order valence-electron chi connectivity index (χ1n) is 5.54. The van der Waals surface area contributed by atoms with E-state index in [-0.39, 0.29) is 18.4 Å². The van der Waals surface area contributed by atoms with Crippen LogP contribution < -0.4 is 5.73 Å². The van der Waals surface area contributed by atoms with Gasteiger partial charge in [-0.25, -0.2) is 0 Å². The smallest absolute Gasteiger partial charge is 0.0346 e. The van der Waals surface area contributed by atoms with Gasteiger partial charge in [-0.3, -0.25) is 0 Å². The summed E-state index contributed by atoms with van der Waals surface area (Å²) >= 11 is 1.80. The fourth-order valence-electron chi connectivity index (χ4n) is 1.87. The molecule has 0 fully saturated rings. The highest BCUT2D eigenvalue weighted by atomic mass is 35.5. The van der Waals surface area contributed by atoms with Gasteiger partial charge in [-0.15, -0.1) is 23.7 Å². The number of hydrogen-bond donors (Lipinski definition) is 1. The number of unbranched alkanes of at least 4 members (excludes halogenated alkanes) is 1. The maximum absolute atomic E-state index is 6.20. The van der Waals surface area contributed by atoms with E-state index in [9.17, 15) is 0 Å². The van der Waals surface area contributed by atoms with E-state index in [4.69, 9.17) is 5.73 Å². The highest BCUT2D eigenvalue weighted by molar-refractivity contribution is 7.17. The van der Waals surface area contributed by atoms with E-state index in [1.807, 2.05) is 0 Å². The van der Waals surface area contributed by atoms with E-state index in [0.717, 1.165) is 6.42 Å². The predicted octanol–water partition coefficient (Wildman–Crippen LogP) is 4.51. The zero-order valence-electron chi connectivity index (χ0n) is 9.48. The fourth-order valence-corrected chi connectivity index (χ4v) is 2.89. The van der Waals surface area contributed by atoms with E-state index < -0.39 is 0 Å². The first kappa shape index (κ1) is 13.5. The number of nitrogens with two attached hydrogens (primary N) is 1. The normalized spacial score (nSPS) is 12.4. The topological polar surface area (TPSA) is 26.0 Å². The molecule has 2 aromatic rings. The Balaban J connectivity index is 0.00000128. The Bertz CT molecular complexity index is 438. The maximum atomic E-state index is 6.20. The highest BCUT2D eigenvalue weighted by Crippen LogP contribution is 2.30. The van der Waals surface area contributed by atoms with Crippen LogP contribution in [0.25, 0.3) is 10.1 Å². The van der Waals surface area contributed by atoms with Gasteiger partial charge in [0.25, 0.3) is 0 Å². The van der Waals surface area contributed by atoms with Crippen LogP contribution in [-0.2, 0) is 0 Å². The molecule has 2 N–H and O–H groups in total. The third kappa shape index (κ3) is 2.76. The van der Waals surface area contributed by atoms with Crippen LogP contribution in [0.1, 0.15) is 37.8 Å².